The average molecular weight is 231 g/mol. The van der Waals surface area contributed by atoms with Gasteiger partial charge >= 0.3 is 0 Å². The highest BCUT2D eigenvalue weighted by Crippen LogP contribution is 2.22. The molecular weight excluding hydrogens is 214 g/mol. The Labute approximate surface area is 101 Å². The maximum Gasteiger partial charge on any atom is 0.111 e. The summed E-state index contributed by atoms with van der Waals surface area (Å²) in [5, 5.41) is 0. The third-order valence-electron chi connectivity index (χ3n) is 2.84. The van der Waals surface area contributed by atoms with Gasteiger partial charge in [0.15, 0.2) is 0 Å². The molecule has 2 heterocycles. The number of nitrogens with one attached hydrogen (secondary N) is 1. The fourth-order valence-corrected chi connectivity index (χ4v) is 1.79. The first-order valence-corrected chi connectivity index (χ1v) is 5.73. The molecule has 0 amide bonds. The molecule has 0 saturated heterocycles. The van der Waals surface area contributed by atoms with Crippen LogP contribution in [0, 0.1) is 5.92 Å². The minimum Gasteiger partial charge on any atom is -0.340 e. The Morgan fingerprint density at radius 1 is 1.24 bits per heavy atom. The van der Waals surface area contributed by atoms with Crippen LogP contribution in [0.3, 0.4) is 0 Å². The van der Waals surface area contributed by atoms with E-state index in [2.05, 4.69) is 33.8 Å². The molecule has 1 unspecified atom stereocenters. The second-order valence-electron chi connectivity index (χ2n) is 4.36. The van der Waals surface area contributed by atoms with E-state index in [0.717, 1.165) is 17.2 Å². The Morgan fingerprint density at radius 2 is 2.06 bits per heavy atom. The van der Waals surface area contributed by atoms with Crippen molar-refractivity contribution in [2.75, 3.05) is 6.54 Å². The van der Waals surface area contributed by atoms with Gasteiger partial charge in [-0.25, -0.2) is 4.98 Å². The number of aromatic nitrogens is 4. The van der Waals surface area contributed by atoms with Crippen molar-refractivity contribution in [3.63, 3.8) is 0 Å². The largest absolute Gasteiger partial charge is 0.340 e. The Kier molecular flexibility index (Phi) is 3.49. The first-order valence-electron chi connectivity index (χ1n) is 5.73. The molecule has 0 spiro atoms. The van der Waals surface area contributed by atoms with Gasteiger partial charge in [-0.15, -0.1) is 0 Å². The van der Waals surface area contributed by atoms with Crippen LogP contribution in [0.2, 0.25) is 0 Å². The summed E-state index contributed by atoms with van der Waals surface area (Å²) in [6.07, 6.45) is 6.81. The fourth-order valence-electron chi connectivity index (χ4n) is 1.79. The van der Waals surface area contributed by atoms with Crippen LogP contribution in [-0.4, -0.2) is 26.5 Å². The Morgan fingerprint density at radius 3 is 2.65 bits per heavy atom. The molecule has 0 aliphatic carbocycles. The molecule has 1 atom stereocenters. The van der Waals surface area contributed by atoms with E-state index in [0.29, 0.717) is 12.5 Å². The van der Waals surface area contributed by atoms with E-state index in [1.54, 1.807) is 24.8 Å². The van der Waals surface area contributed by atoms with Crippen molar-refractivity contribution in [1.29, 1.82) is 0 Å². The van der Waals surface area contributed by atoms with Gasteiger partial charge < -0.3 is 10.7 Å². The van der Waals surface area contributed by atoms with Crippen molar-refractivity contribution in [2.45, 2.75) is 19.8 Å². The zero-order valence-corrected chi connectivity index (χ0v) is 10.1. The standard InChI is InChI=1S/C12H17N5/c1-8(2)9(5-13)12-16-7-11(17-12)10-6-14-3-4-15-10/h3-4,6-9H,5,13H2,1-2H3,(H,16,17). The lowest BCUT2D eigenvalue weighted by atomic mass is 9.95. The van der Waals surface area contributed by atoms with E-state index in [1.807, 2.05) is 0 Å². The lowest BCUT2D eigenvalue weighted by Gasteiger charge is -2.15. The van der Waals surface area contributed by atoms with E-state index in [1.165, 1.54) is 0 Å². The molecule has 0 aliphatic heterocycles. The zero-order valence-electron chi connectivity index (χ0n) is 10.1. The number of hydrogen-bond acceptors (Lipinski definition) is 4. The molecule has 0 aromatic carbocycles. The number of nitrogens with zero attached hydrogens (tertiary/aromatic N) is 3. The third kappa shape index (κ3) is 2.50. The monoisotopic (exact) mass is 231 g/mol. The SMILES string of the molecule is CC(C)C(CN)c1ncc(-c2cnccn2)[nH]1. The molecule has 0 radical (unpaired) electrons. The topological polar surface area (TPSA) is 80.5 Å². The summed E-state index contributed by atoms with van der Waals surface area (Å²) in [5.74, 6) is 1.63. The maximum atomic E-state index is 5.77. The van der Waals surface area contributed by atoms with Gasteiger partial charge in [-0.3, -0.25) is 9.97 Å². The van der Waals surface area contributed by atoms with Gasteiger partial charge in [0, 0.05) is 24.9 Å². The first kappa shape index (κ1) is 11.7. The predicted octanol–water partition coefficient (Wildman–Crippen LogP) is 1.56. The van der Waals surface area contributed by atoms with Gasteiger partial charge in [0.2, 0.25) is 0 Å². The zero-order chi connectivity index (χ0) is 12.3. The lowest BCUT2D eigenvalue weighted by molar-refractivity contribution is 0.487. The number of rotatable bonds is 4. The lowest BCUT2D eigenvalue weighted by Crippen LogP contribution is -2.19. The van der Waals surface area contributed by atoms with Crippen LogP contribution < -0.4 is 5.73 Å². The molecule has 0 bridgehead atoms. The molecule has 0 saturated carbocycles. The summed E-state index contributed by atoms with van der Waals surface area (Å²) in [5.41, 5.74) is 7.44. The molecule has 2 aromatic rings. The molecule has 90 valence electrons. The molecule has 5 heteroatoms. The fraction of sp³-hybridized carbons (Fsp3) is 0.417. The van der Waals surface area contributed by atoms with Crippen LogP contribution in [-0.2, 0) is 0 Å². The summed E-state index contributed by atoms with van der Waals surface area (Å²) < 4.78 is 0. The smallest absolute Gasteiger partial charge is 0.111 e. The summed E-state index contributed by atoms with van der Waals surface area (Å²) in [7, 11) is 0. The van der Waals surface area contributed by atoms with Gasteiger partial charge in [0.25, 0.3) is 0 Å². The molecule has 17 heavy (non-hydrogen) atoms. The predicted molar refractivity (Wildman–Crippen MR) is 66.2 cm³/mol. The molecule has 0 aliphatic rings. The number of H-pyrrole nitrogens is 1. The van der Waals surface area contributed by atoms with Gasteiger partial charge in [-0.05, 0) is 5.92 Å². The van der Waals surface area contributed by atoms with E-state index < -0.39 is 0 Å². The van der Waals surface area contributed by atoms with Gasteiger partial charge in [-0.1, -0.05) is 13.8 Å². The van der Waals surface area contributed by atoms with E-state index in [-0.39, 0.29) is 5.92 Å². The average Bonchev–Trinajstić information content (AvgIpc) is 2.80. The van der Waals surface area contributed by atoms with Crippen molar-refractivity contribution in [3.05, 3.63) is 30.6 Å². The second-order valence-corrected chi connectivity index (χ2v) is 4.36. The van der Waals surface area contributed by atoms with Gasteiger partial charge in [0.1, 0.15) is 11.5 Å². The minimum absolute atomic E-state index is 0.250. The third-order valence-corrected chi connectivity index (χ3v) is 2.84. The Hall–Kier alpha value is -1.75. The number of imidazole rings is 1. The van der Waals surface area contributed by atoms with Crippen molar-refractivity contribution >= 4 is 0 Å². The van der Waals surface area contributed by atoms with Crippen molar-refractivity contribution in [3.8, 4) is 11.4 Å². The normalized spacial score (nSPS) is 12.9. The highest BCUT2D eigenvalue weighted by Gasteiger charge is 2.17. The number of nitrogens with two attached hydrogens (primary N) is 1. The van der Waals surface area contributed by atoms with Crippen LogP contribution in [0.25, 0.3) is 11.4 Å². The molecule has 3 N–H and O–H groups in total. The van der Waals surface area contributed by atoms with Crippen LogP contribution in [0.5, 0.6) is 0 Å². The van der Waals surface area contributed by atoms with Crippen molar-refractivity contribution in [2.24, 2.45) is 11.7 Å². The van der Waals surface area contributed by atoms with Crippen LogP contribution in [0.1, 0.15) is 25.6 Å². The summed E-state index contributed by atoms with van der Waals surface area (Å²) in [6, 6.07) is 0. The highest BCUT2D eigenvalue weighted by molar-refractivity contribution is 5.51. The molecular formula is C12H17N5. The summed E-state index contributed by atoms with van der Waals surface area (Å²) in [4.78, 5) is 15.9. The second kappa shape index (κ2) is 5.05. The molecule has 2 aromatic heterocycles. The molecule has 2 rings (SSSR count). The van der Waals surface area contributed by atoms with E-state index in [9.17, 15) is 0 Å². The Bertz CT molecular complexity index is 463. The first-order chi connectivity index (χ1) is 8.22. The minimum atomic E-state index is 0.250. The quantitative estimate of drug-likeness (QED) is 0.836. The number of aromatic amines is 1. The molecule has 5 nitrogen and oxygen atoms in total. The summed E-state index contributed by atoms with van der Waals surface area (Å²) >= 11 is 0. The van der Waals surface area contributed by atoms with Crippen molar-refractivity contribution in [1.82, 2.24) is 19.9 Å². The van der Waals surface area contributed by atoms with Crippen LogP contribution >= 0.6 is 0 Å². The summed E-state index contributed by atoms with van der Waals surface area (Å²) in [6.45, 7) is 4.87. The van der Waals surface area contributed by atoms with Crippen LogP contribution in [0.15, 0.2) is 24.8 Å². The molecule has 0 fully saturated rings. The van der Waals surface area contributed by atoms with E-state index >= 15 is 0 Å². The van der Waals surface area contributed by atoms with E-state index in [4.69, 9.17) is 5.73 Å². The highest BCUT2D eigenvalue weighted by atomic mass is 14.9. The van der Waals surface area contributed by atoms with Crippen LogP contribution in [0.4, 0.5) is 0 Å². The van der Waals surface area contributed by atoms with Crippen molar-refractivity contribution < 1.29 is 0 Å². The Balaban J connectivity index is 2.27. The van der Waals surface area contributed by atoms with Gasteiger partial charge in [0.05, 0.1) is 18.1 Å². The number of hydrogen-bond donors (Lipinski definition) is 2. The van der Waals surface area contributed by atoms with Gasteiger partial charge in [-0.2, -0.15) is 0 Å². The maximum absolute atomic E-state index is 5.77.